The van der Waals surface area contributed by atoms with E-state index in [0.717, 1.165) is 0 Å². The number of furan rings is 1. The summed E-state index contributed by atoms with van der Waals surface area (Å²) in [5.74, 6) is -0.135. The van der Waals surface area contributed by atoms with Crippen LogP contribution in [0.2, 0.25) is 0 Å². The number of hydrogen-bond acceptors (Lipinski definition) is 3. The molecule has 0 saturated heterocycles. The standard InChI is InChI=1S/C14H16FNO2/c1-9-6-10(8-18-9)14(17)12(7-16)11-4-2-3-5-13(11)15/h2-6,8,12,14,17H,7,16H2,1H3. The molecular weight excluding hydrogens is 233 g/mol. The zero-order chi connectivity index (χ0) is 13.1. The molecule has 0 fully saturated rings. The number of halogens is 1. The van der Waals surface area contributed by atoms with Gasteiger partial charge in [-0.15, -0.1) is 0 Å². The van der Waals surface area contributed by atoms with Crippen LogP contribution < -0.4 is 5.73 Å². The SMILES string of the molecule is Cc1cc(C(O)C(CN)c2ccccc2F)co1. The van der Waals surface area contributed by atoms with Gasteiger partial charge in [-0.1, -0.05) is 18.2 Å². The highest BCUT2D eigenvalue weighted by Crippen LogP contribution is 2.32. The number of aliphatic hydroxyl groups is 1. The topological polar surface area (TPSA) is 59.4 Å². The monoisotopic (exact) mass is 249 g/mol. The summed E-state index contributed by atoms with van der Waals surface area (Å²) in [6.45, 7) is 1.95. The minimum absolute atomic E-state index is 0.159. The van der Waals surface area contributed by atoms with Gasteiger partial charge in [0, 0.05) is 18.0 Å². The molecule has 2 unspecified atom stereocenters. The molecule has 2 rings (SSSR count). The molecule has 3 nitrogen and oxygen atoms in total. The van der Waals surface area contributed by atoms with Gasteiger partial charge in [-0.25, -0.2) is 4.39 Å². The highest BCUT2D eigenvalue weighted by molar-refractivity contribution is 5.27. The van der Waals surface area contributed by atoms with Gasteiger partial charge in [0.25, 0.3) is 0 Å². The Morgan fingerprint density at radius 1 is 1.39 bits per heavy atom. The third-order valence-corrected chi connectivity index (χ3v) is 3.03. The Kier molecular flexibility index (Phi) is 3.79. The first-order valence-corrected chi connectivity index (χ1v) is 5.81. The lowest BCUT2D eigenvalue weighted by molar-refractivity contribution is 0.145. The van der Waals surface area contributed by atoms with E-state index in [1.165, 1.54) is 12.3 Å². The number of benzene rings is 1. The van der Waals surface area contributed by atoms with E-state index in [9.17, 15) is 9.50 Å². The Bertz CT molecular complexity index is 524. The Morgan fingerprint density at radius 3 is 2.67 bits per heavy atom. The van der Waals surface area contributed by atoms with Crippen LogP contribution in [0, 0.1) is 12.7 Å². The lowest BCUT2D eigenvalue weighted by Crippen LogP contribution is -2.20. The Balaban J connectivity index is 2.32. The molecule has 0 spiro atoms. The van der Waals surface area contributed by atoms with E-state index in [4.69, 9.17) is 10.2 Å². The number of rotatable bonds is 4. The molecule has 2 aromatic rings. The molecule has 96 valence electrons. The minimum atomic E-state index is -0.871. The normalized spacial score (nSPS) is 14.4. The Morgan fingerprint density at radius 2 is 2.11 bits per heavy atom. The first kappa shape index (κ1) is 12.8. The van der Waals surface area contributed by atoms with Crippen LogP contribution in [-0.2, 0) is 0 Å². The van der Waals surface area contributed by atoms with Crippen molar-refractivity contribution in [3.8, 4) is 0 Å². The summed E-state index contributed by atoms with van der Waals surface area (Å²) in [7, 11) is 0. The molecule has 0 amide bonds. The zero-order valence-corrected chi connectivity index (χ0v) is 10.1. The van der Waals surface area contributed by atoms with Gasteiger partial charge in [0.1, 0.15) is 11.6 Å². The number of nitrogens with two attached hydrogens (primary N) is 1. The largest absolute Gasteiger partial charge is 0.469 e. The second-order valence-corrected chi connectivity index (χ2v) is 4.30. The maximum absolute atomic E-state index is 13.7. The molecule has 2 atom stereocenters. The van der Waals surface area contributed by atoms with E-state index in [1.54, 1.807) is 31.2 Å². The van der Waals surface area contributed by atoms with Crippen LogP contribution in [0.5, 0.6) is 0 Å². The minimum Gasteiger partial charge on any atom is -0.469 e. The zero-order valence-electron chi connectivity index (χ0n) is 10.1. The van der Waals surface area contributed by atoms with Crippen LogP contribution in [-0.4, -0.2) is 11.7 Å². The molecule has 1 aromatic carbocycles. The lowest BCUT2D eigenvalue weighted by Gasteiger charge is -2.21. The highest BCUT2D eigenvalue weighted by Gasteiger charge is 2.25. The van der Waals surface area contributed by atoms with E-state index in [1.807, 2.05) is 0 Å². The summed E-state index contributed by atoms with van der Waals surface area (Å²) in [5, 5.41) is 10.3. The van der Waals surface area contributed by atoms with Crippen molar-refractivity contribution in [2.45, 2.75) is 18.9 Å². The predicted octanol–water partition coefficient (Wildman–Crippen LogP) is 2.50. The van der Waals surface area contributed by atoms with Crippen LogP contribution in [0.15, 0.2) is 41.0 Å². The number of hydrogen-bond donors (Lipinski definition) is 2. The van der Waals surface area contributed by atoms with Crippen molar-refractivity contribution in [2.75, 3.05) is 6.54 Å². The Hall–Kier alpha value is -1.65. The van der Waals surface area contributed by atoms with Gasteiger partial charge in [0.15, 0.2) is 0 Å². The first-order chi connectivity index (χ1) is 8.63. The summed E-state index contributed by atoms with van der Waals surface area (Å²) >= 11 is 0. The van der Waals surface area contributed by atoms with E-state index < -0.39 is 12.0 Å². The van der Waals surface area contributed by atoms with E-state index in [-0.39, 0.29) is 12.4 Å². The summed E-state index contributed by atoms with van der Waals surface area (Å²) in [5.41, 5.74) is 6.70. The fourth-order valence-corrected chi connectivity index (χ4v) is 2.05. The molecule has 0 bridgehead atoms. The van der Waals surface area contributed by atoms with Crippen LogP contribution in [0.4, 0.5) is 4.39 Å². The molecule has 3 N–H and O–H groups in total. The van der Waals surface area contributed by atoms with Crippen molar-refractivity contribution >= 4 is 0 Å². The molecule has 0 aliphatic rings. The van der Waals surface area contributed by atoms with E-state index in [2.05, 4.69) is 0 Å². The first-order valence-electron chi connectivity index (χ1n) is 5.81. The molecule has 1 heterocycles. The average molecular weight is 249 g/mol. The van der Waals surface area contributed by atoms with Crippen molar-refractivity contribution in [1.82, 2.24) is 0 Å². The summed E-state index contributed by atoms with van der Waals surface area (Å²) in [4.78, 5) is 0. The molecule has 0 aliphatic carbocycles. The van der Waals surface area contributed by atoms with Gasteiger partial charge in [0.2, 0.25) is 0 Å². The third-order valence-electron chi connectivity index (χ3n) is 3.03. The van der Waals surface area contributed by atoms with Crippen molar-refractivity contribution in [1.29, 1.82) is 0 Å². The summed E-state index contributed by atoms with van der Waals surface area (Å²) in [6.07, 6.45) is 0.605. The predicted molar refractivity (Wildman–Crippen MR) is 66.6 cm³/mol. The second-order valence-electron chi connectivity index (χ2n) is 4.30. The summed E-state index contributed by atoms with van der Waals surface area (Å²) < 4.78 is 18.9. The van der Waals surface area contributed by atoms with E-state index >= 15 is 0 Å². The van der Waals surface area contributed by atoms with Gasteiger partial charge in [0.05, 0.1) is 12.4 Å². The molecule has 18 heavy (non-hydrogen) atoms. The van der Waals surface area contributed by atoms with Gasteiger partial charge in [-0.05, 0) is 24.6 Å². The van der Waals surface area contributed by atoms with E-state index in [0.29, 0.717) is 16.9 Å². The van der Waals surface area contributed by atoms with Crippen molar-refractivity contribution in [3.05, 3.63) is 59.3 Å². The number of aliphatic hydroxyl groups excluding tert-OH is 1. The molecule has 1 aromatic heterocycles. The second kappa shape index (κ2) is 5.33. The van der Waals surface area contributed by atoms with Crippen molar-refractivity contribution in [3.63, 3.8) is 0 Å². The maximum atomic E-state index is 13.7. The highest BCUT2D eigenvalue weighted by atomic mass is 19.1. The van der Waals surface area contributed by atoms with Crippen LogP contribution in [0.25, 0.3) is 0 Å². The van der Waals surface area contributed by atoms with Crippen molar-refractivity contribution in [2.24, 2.45) is 5.73 Å². The Labute approximate surface area is 105 Å². The number of aryl methyl sites for hydroxylation is 1. The average Bonchev–Trinajstić information content (AvgIpc) is 2.79. The fourth-order valence-electron chi connectivity index (χ4n) is 2.05. The fraction of sp³-hybridized carbons (Fsp3) is 0.286. The van der Waals surface area contributed by atoms with Crippen LogP contribution in [0.1, 0.15) is 28.9 Å². The maximum Gasteiger partial charge on any atom is 0.126 e. The molecule has 4 heteroatoms. The third kappa shape index (κ3) is 2.44. The lowest BCUT2D eigenvalue weighted by atomic mass is 9.90. The van der Waals surface area contributed by atoms with Gasteiger partial charge in [-0.2, -0.15) is 0 Å². The van der Waals surface area contributed by atoms with Gasteiger partial charge in [-0.3, -0.25) is 0 Å². The molecule has 0 aliphatic heterocycles. The quantitative estimate of drug-likeness (QED) is 0.875. The molecular formula is C14H16FNO2. The summed E-state index contributed by atoms with van der Waals surface area (Å²) in [6, 6.07) is 8.08. The van der Waals surface area contributed by atoms with Gasteiger partial charge < -0.3 is 15.3 Å². The smallest absolute Gasteiger partial charge is 0.126 e. The van der Waals surface area contributed by atoms with Gasteiger partial charge >= 0.3 is 0 Å². The van der Waals surface area contributed by atoms with Crippen LogP contribution in [0.3, 0.4) is 0 Å². The van der Waals surface area contributed by atoms with Crippen LogP contribution >= 0.6 is 0 Å². The molecule has 0 radical (unpaired) electrons. The van der Waals surface area contributed by atoms with Crippen molar-refractivity contribution < 1.29 is 13.9 Å². The molecule has 0 saturated carbocycles.